The van der Waals surface area contributed by atoms with Crippen molar-refractivity contribution in [2.24, 2.45) is 5.92 Å². The van der Waals surface area contributed by atoms with E-state index < -0.39 is 0 Å². The lowest BCUT2D eigenvalue weighted by Crippen LogP contribution is -2.38. The Morgan fingerprint density at radius 3 is 2.81 bits per heavy atom. The molecular formula is C14H24N4OS2. The molecule has 0 aliphatic heterocycles. The molecule has 21 heavy (non-hydrogen) atoms. The second-order valence-corrected chi connectivity index (χ2v) is 7.81. The highest BCUT2D eigenvalue weighted by molar-refractivity contribution is 8.01. The molecule has 1 aliphatic rings. The van der Waals surface area contributed by atoms with Crippen LogP contribution in [0.1, 0.15) is 46.0 Å². The Kier molecular flexibility index (Phi) is 6.76. The first-order chi connectivity index (χ1) is 10.2. The monoisotopic (exact) mass is 328 g/mol. The first-order valence-electron chi connectivity index (χ1n) is 7.67. The average Bonchev–Trinajstić information content (AvgIpc) is 2.93. The molecule has 0 spiro atoms. The summed E-state index contributed by atoms with van der Waals surface area (Å²) in [6, 6.07) is 0.366. The van der Waals surface area contributed by atoms with E-state index in [0.29, 0.717) is 11.8 Å². The molecule has 2 rings (SSSR count). The number of nitrogens with one attached hydrogen (secondary N) is 2. The quantitative estimate of drug-likeness (QED) is 0.753. The highest BCUT2D eigenvalue weighted by Crippen LogP contribution is 2.26. The van der Waals surface area contributed by atoms with E-state index in [4.69, 9.17) is 0 Å². The summed E-state index contributed by atoms with van der Waals surface area (Å²) in [7, 11) is 0. The lowest BCUT2D eigenvalue weighted by molar-refractivity contribution is -0.119. The number of thioether (sulfide) groups is 1. The van der Waals surface area contributed by atoms with Crippen LogP contribution in [0.3, 0.4) is 0 Å². The zero-order valence-electron chi connectivity index (χ0n) is 12.7. The molecule has 0 unspecified atom stereocenters. The molecule has 1 aromatic heterocycles. The predicted molar refractivity (Wildman–Crippen MR) is 89.0 cm³/mol. The molecule has 2 N–H and O–H groups in total. The van der Waals surface area contributed by atoms with Crippen molar-refractivity contribution in [1.29, 1.82) is 0 Å². The Bertz CT molecular complexity index is 444. The van der Waals surface area contributed by atoms with Crippen LogP contribution < -0.4 is 10.6 Å². The minimum atomic E-state index is 0.109. The van der Waals surface area contributed by atoms with Crippen LogP contribution in [0.5, 0.6) is 0 Å². The van der Waals surface area contributed by atoms with Crippen LogP contribution in [0.2, 0.25) is 0 Å². The third-order valence-corrected chi connectivity index (χ3v) is 5.65. The molecule has 5 nitrogen and oxygen atoms in total. The lowest BCUT2D eigenvalue weighted by atomic mass is 9.87. The molecular weight excluding hydrogens is 304 g/mol. The molecule has 118 valence electrons. The molecule has 1 aliphatic carbocycles. The zero-order valence-corrected chi connectivity index (χ0v) is 14.4. The third kappa shape index (κ3) is 5.82. The molecule has 1 amide bonds. The van der Waals surface area contributed by atoms with Crippen molar-refractivity contribution in [3.05, 3.63) is 0 Å². The maximum Gasteiger partial charge on any atom is 0.230 e. The Balaban J connectivity index is 1.67. The topological polar surface area (TPSA) is 66.9 Å². The highest BCUT2D eigenvalue weighted by atomic mass is 32.2. The van der Waals surface area contributed by atoms with Crippen LogP contribution in [0.15, 0.2) is 4.34 Å². The van der Waals surface area contributed by atoms with Crippen molar-refractivity contribution < 1.29 is 4.79 Å². The van der Waals surface area contributed by atoms with E-state index in [1.807, 2.05) is 0 Å². The molecule has 0 saturated heterocycles. The first kappa shape index (κ1) is 16.5. The van der Waals surface area contributed by atoms with Gasteiger partial charge in [0, 0.05) is 12.6 Å². The number of nitrogens with zero attached hydrogens (tertiary/aromatic N) is 2. The fourth-order valence-corrected chi connectivity index (χ4v) is 3.96. The minimum absolute atomic E-state index is 0.109. The summed E-state index contributed by atoms with van der Waals surface area (Å²) in [5.74, 6) is 1.34. The standard InChI is InChI=1S/C14H24N4OS2/c1-3-8-15-13-17-18-14(21-13)20-9-12(19)16-11-6-4-10(2)5-7-11/h10-11H,3-9H2,1-2H3,(H,15,17)(H,16,19). The second-order valence-electron chi connectivity index (χ2n) is 5.61. The van der Waals surface area contributed by atoms with Crippen molar-refractivity contribution in [2.75, 3.05) is 17.6 Å². The summed E-state index contributed by atoms with van der Waals surface area (Å²) in [5, 5.41) is 15.3. The van der Waals surface area contributed by atoms with Crippen LogP contribution in [0, 0.1) is 5.92 Å². The van der Waals surface area contributed by atoms with Gasteiger partial charge in [0.1, 0.15) is 0 Å². The predicted octanol–water partition coefficient (Wildman–Crippen LogP) is 3.15. The largest absolute Gasteiger partial charge is 0.360 e. The van der Waals surface area contributed by atoms with Gasteiger partial charge in [-0.3, -0.25) is 4.79 Å². The van der Waals surface area contributed by atoms with E-state index in [-0.39, 0.29) is 5.91 Å². The first-order valence-corrected chi connectivity index (χ1v) is 9.47. The maximum absolute atomic E-state index is 12.0. The number of anilines is 1. The number of carbonyl (C=O) groups is 1. The third-order valence-electron chi connectivity index (χ3n) is 3.64. The molecule has 0 radical (unpaired) electrons. The number of amides is 1. The number of hydrogen-bond acceptors (Lipinski definition) is 6. The van der Waals surface area contributed by atoms with Crippen molar-refractivity contribution in [3.8, 4) is 0 Å². The number of aromatic nitrogens is 2. The summed E-state index contributed by atoms with van der Waals surface area (Å²) < 4.78 is 0.848. The SMILES string of the molecule is CCCNc1nnc(SCC(=O)NC2CCC(C)CC2)s1. The van der Waals surface area contributed by atoms with Gasteiger partial charge in [-0.05, 0) is 38.0 Å². The molecule has 1 heterocycles. The fourth-order valence-electron chi connectivity index (χ4n) is 2.37. The molecule has 0 atom stereocenters. The van der Waals surface area contributed by atoms with E-state index >= 15 is 0 Å². The Hall–Kier alpha value is -0.820. The van der Waals surface area contributed by atoms with Crippen LogP contribution in [0.4, 0.5) is 5.13 Å². The summed E-state index contributed by atoms with van der Waals surface area (Å²) in [6.07, 6.45) is 5.73. The summed E-state index contributed by atoms with van der Waals surface area (Å²) in [5.41, 5.74) is 0. The van der Waals surface area contributed by atoms with Gasteiger partial charge in [-0.1, -0.05) is 36.9 Å². The van der Waals surface area contributed by atoms with E-state index in [0.717, 1.165) is 41.2 Å². The zero-order chi connectivity index (χ0) is 15.1. The van der Waals surface area contributed by atoms with E-state index in [9.17, 15) is 4.79 Å². The van der Waals surface area contributed by atoms with Crippen molar-refractivity contribution >= 4 is 34.1 Å². The van der Waals surface area contributed by atoms with Crippen molar-refractivity contribution in [2.45, 2.75) is 56.3 Å². The van der Waals surface area contributed by atoms with Gasteiger partial charge in [-0.25, -0.2) is 0 Å². The summed E-state index contributed by atoms with van der Waals surface area (Å²) in [4.78, 5) is 12.0. The van der Waals surface area contributed by atoms with Crippen LogP contribution >= 0.6 is 23.1 Å². The fraction of sp³-hybridized carbons (Fsp3) is 0.786. The lowest BCUT2D eigenvalue weighted by Gasteiger charge is -2.26. The minimum Gasteiger partial charge on any atom is -0.360 e. The number of hydrogen-bond donors (Lipinski definition) is 2. The van der Waals surface area contributed by atoms with Gasteiger partial charge >= 0.3 is 0 Å². The Morgan fingerprint density at radius 1 is 1.33 bits per heavy atom. The normalized spacial score (nSPS) is 22.0. The van der Waals surface area contributed by atoms with E-state index in [2.05, 4.69) is 34.7 Å². The molecule has 1 saturated carbocycles. The highest BCUT2D eigenvalue weighted by Gasteiger charge is 2.19. The second kappa shape index (κ2) is 8.58. The van der Waals surface area contributed by atoms with Crippen LogP contribution in [0.25, 0.3) is 0 Å². The van der Waals surface area contributed by atoms with Gasteiger partial charge < -0.3 is 10.6 Å². The number of carbonyl (C=O) groups excluding carboxylic acids is 1. The molecule has 1 fully saturated rings. The van der Waals surface area contributed by atoms with Crippen molar-refractivity contribution in [1.82, 2.24) is 15.5 Å². The van der Waals surface area contributed by atoms with E-state index in [1.54, 1.807) is 0 Å². The van der Waals surface area contributed by atoms with Crippen LogP contribution in [-0.4, -0.2) is 34.4 Å². The molecule has 1 aromatic rings. The smallest absolute Gasteiger partial charge is 0.230 e. The summed E-state index contributed by atoms with van der Waals surface area (Å²) >= 11 is 2.98. The van der Waals surface area contributed by atoms with Gasteiger partial charge in [0.15, 0.2) is 4.34 Å². The summed E-state index contributed by atoms with van der Waals surface area (Å²) in [6.45, 7) is 5.30. The average molecular weight is 329 g/mol. The van der Waals surface area contributed by atoms with Gasteiger partial charge in [-0.2, -0.15) is 0 Å². The van der Waals surface area contributed by atoms with Crippen molar-refractivity contribution in [3.63, 3.8) is 0 Å². The Labute approximate surface area is 134 Å². The molecule has 0 bridgehead atoms. The van der Waals surface area contributed by atoms with Crippen LogP contribution in [-0.2, 0) is 4.79 Å². The molecule has 0 aromatic carbocycles. The van der Waals surface area contributed by atoms with Gasteiger partial charge in [-0.15, -0.1) is 10.2 Å². The maximum atomic E-state index is 12.0. The van der Waals surface area contributed by atoms with E-state index in [1.165, 1.54) is 35.9 Å². The Morgan fingerprint density at radius 2 is 2.10 bits per heavy atom. The van der Waals surface area contributed by atoms with Gasteiger partial charge in [0.25, 0.3) is 0 Å². The van der Waals surface area contributed by atoms with Gasteiger partial charge in [0.05, 0.1) is 5.75 Å². The van der Waals surface area contributed by atoms with Gasteiger partial charge in [0.2, 0.25) is 11.0 Å². The molecule has 7 heteroatoms. The number of rotatable bonds is 7.